The summed E-state index contributed by atoms with van der Waals surface area (Å²) in [5.41, 5.74) is 3.61. The van der Waals surface area contributed by atoms with E-state index in [1.165, 1.54) is 18.3 Å². The molecule has 2 heterocycles. The zero-order valence-corrected chi connectivity index (χ0v) is 12.6. The largest absolute Gasteiger partial charge is 0.394 e. The van der Waals surface area contributed by atoms with E-state index in [1.54, 1.807) is 13.0 Å². The summed E-state index contributed by atoms with van der Waals surface area (Å²) < 4.78 is 20.2. The molecule has 1 fully saturated rings. The number of hydrogen-bond donors (Lipinski definition) is 4. The summed E-state index contributed by atoms with van der Waals surface area (Å²) in [4.78, 5) is 3.83. The SMILES string of the molecule is C/C=C1/C(N)=NC=NN1C(C)C1(O)O[C@H](CO)C(O)[C@@]1(C)F. The highest BCUT2D eigenvalue weighted by atomic mass is 19.1. The molecule has 0 bridgehead atoms. The number of ether oxygens (including phenoxy) is 1. The van der Waals surface area contributed by atoms with Crippen molar-refractivity contribution in [2.24, 2.45) is 15.8 Å². The monoisotopic (exact) mass is 316 g/mol. The first-order chi connectivity index (χ1) is 10.2. The fourth-order valence-electron chi connectivity index (χ4n) is 2.76. The van der Waals surface area contributed by atoms with Crippen LogP contribution in [0.2, 0.25) is 0 Å². The maximum absolute atomic E-state index is 14.9. The summed E-state index contributed by atoms with van der Waals surface area (Å²) in [7, 11) is 0. The minimum absolute atomic E-state index is 0.158. The van der Waals surface area contributed by atoms with Crippen molar-refractivity contribution >= 4 is 12.2 Å². The second-order valence-electron chi connectivity index (χ2n) is 5.50. The van der Waals surface area contributed by atoms with E-state index in [4.69, 9.17) is 10.5 Å². The third-order valence-electron chi connectivity index (χ3n) is 4.21. The number of nitrogens with two attached hydrogens (primary N) is 1. The molecule has 124 valence electrons. The van der Waals surface area contributed by atoms with Crippen LogP contribution in [-0.4, -0.2) is 68.8 Å². The van der Waals surface area contributed by atoms with Gasteiger partial charge in [0, 0.05) is 0 Å². The number of nitrogens with zero attached hydrogens (tertiary/aromatic N) is 3. The van der Waals surface area contributed by atoms with Crippen molar-refractivity contribution in [3.8, 4) is 0 Å². The van der Waals surface area contributed by atoms with E-state index < -0.39 is 36.3 Å². The Morgan fingerprint density at radius 1 is 1.64 bits per heavy atom. The predicted octanol–water partition coefficient (Wildman–Crippen LogP) is -0.936. The summed E-state index contributed by atoms with van der Waals surface area (Å²) in [6, 6.07) is -1.04. The zero-order chi connectivity index (χ0) is 16.7. The highest BCUT2D eigenvalue weighted by molar-refractivity contribution is 6.01. The van der Waals surface area contributed by atoms with Crippen molar-refractivity contribution in [1.82, 2.24) is 5.01 Å². The molecular formula is C13H21FN4O4. The number of aliphatic hydroxyl groups is 3. The average Bonchev–Trinajstić information content (AvgIpc) is 2.67. The van der Waals surface area contributed by atoms with Gasteiger partial charge in [0.1, 0.15) is 24.6 Å². The van der Waals surface area contributed by atoms with E-state index in [1.807, 2.05) is 0 Å². The molecule has 5 N–H and O–H groups in total. The van der Waals surface area contributed by atoms with Crippen molar-refractivity contribution in [2.45, 2.75) is 50.5 Å². The van der Waals surface area contributed by atoms with Crippen LogP contribution < -0.4 is 5.73 Å². The molecule has 2 aliphatic rings. The Labute approximate surface area is 127 Å². The van der Waals surface area contributed by atoms with Crippen molar-refractivity contribution < 1.29 is 24.4 Å². The molecule has 22 heavy (non-hydrogen) atoms. The van der Waals surface area contributed by atoms with Crippen LogP contribution >= 0.6 is 0 Å². The molecule has 0 aromatic carbocycles. The van der Waals surface area contributed by atoms with Crippen LogP contribution in [0.5, 0.6) is 0 Å². The molecule has 0 aromatic heterocycles. The van der Waals surface area contributed by atoms with E-state index in [9.17, 15) is 19.7 Å². The van der Waals surface area contributed by atoms with Crippen molar-refractivity contribution in [3.05, 3.63) is 11.8 Å². The van der Waals surface area contributed by atoms with Gasteiger partial charge >= 0.3 is 0 Å². The Morgan fingerprint density at radius 2 is 2.27 bits per heavy atom. The van der Waals surface area contributed by atoms with Gasteiger partial charge in [0.15, 0.2) is 11.5 Å². The summed E-state index contributed by atoms with van der Waals surface area (Å²) in [6.45, 7) is 3.56. The van der Waals surface area contributed by atoms with Crippen LogP contribution in [-0.2, 0) is 4.74 Å². The summed E-state index contributed by atoms with van der Waals surface area (Å²) in [5, 5.41) is 35.1. The lowest BCUT2D eigenvalue weighted by molar-refractivity contribution is -0.270. The fourth-order valence-corrected chi connectivity index (χ4v) is 2.76. The number of halogens is 1. The number of hydrazone groups is 1. The van der Waals surface area contributed by atoms with Crippen LogP contribution in [0.4, 0.5) is 4.39 Å². The Balaban J connectivity index is 2.38. The average molecular weight is 316 g/mol. The molecule has 0 radical (unpaired) electrons. The molecule has 5 atom stereocenters. The number of aliphatic hydroxyl groups excluding tert-OH is 2. The van der Waals surface area contributed by atoms with Crippen molar-refractivity contribution in [1.29, 1.82) is 0 Å². The van der Waals surface area contributed by atoms with Crippen LogP contribution in [0.15, 0.2) is 21.9 Å². The maximum atomic E-state index is 14.9. The number of hydrogen-bond acceptors (Lipinski definition) is 8. The minimum atomic E-state index is -2.52. The number of alkyl halides is 1. The summed E-state index contributed by atoms with van der Waals surface area (Å²) >= 11 is 0. The molecule has 1 saturated heterocycles. The molecule has 2 rings (SSSR count). The minimum Gasteiger partial charge on any atom is -0.394 e. The first-order valence-corrected chi connectivity index (χ1v) is 6.90. The highest BCUT2D eigenvalue weighted by Crippen LogP contribution is 2.45. The number of aliphatic imine (C=N–C) groups is 1. The van der Waals surface area contributed by atoms with E-state index >= 15 is 0 Å². The van der Waals surface area contributed by atoms with E-state index in [-0.39, 0.29) is 5.84 Å². The lowest BCUT2D eigenvalue weighted by Gasteiger charge is -2.42. The van der Waals surface area contributed by atoms with Gasteiger partial charge in [-0.25, -0.2) is 9.38 Å². The molecule has 8 nitrogen and oxygen atoms in total. The maximum Gasteiger partial charge on any atom is 0.226 e. The van der Waals surface area contributed by atoms with Gasteiger partial charge in [-0.15, -0.1) is 0 Å². The Morgan fingerprint density at radius 3 is 2.77 bits per heavy atom. The van der Waals surface area contributed by atoms with Crippen molar-refractivity contribution in [3.63, 3.8) is 0 Å². The highest BCUT2D eigenvalue weighted by Gasteiger charge is 2.67. The summed E-state index contributed by atoms with van der Waals surface area (Å²) in [6.07, 6.45) is -0.137. The van der Waals surface area contributed by atoms with Gasteiger partial charge in [0.25, 0.3) is 0 Å². The van der Waals surface area contributed by atoms with Crippen LogP contribution in [0.25, 0.3) is 0 Å². The first-order valence-electron chi connectivity index (χ1n) is 6.90. The van der Waals surface area contributed by atoms with E-state index in [2.05, 4.69) is 10.1 Å². The van der Waals surface area contributed by atoms with E-state index in [0.29, 0.717) is 5.70 Å². The molecule has 2 aliphatic heterocycles. The molecule has 3 unspecified atom stereocenters. The van der Waals surface area contributed by atoms with Crippen LogP contribution in [0.1, 0.15) is 20.8 Å². The van der Waals surface area contributed by atoms with Crippen LogP contribution in [0, 0.1) is 0 Å². The quantitative estimate of drug-likeness (QED) is 0.533. The third kappa shape index (κ3) is 2.21. The number of amidine groups is 1. The fraction of sp³-hybridized carbons (Fsp3) is 0.692. The molecule has 0 spiro atoms. The smallest absolute Gasteiger partial charge is 0.226 e. The molecule has 0 saturated carbocycles. The molecule has 9 heteroatoms. The standard InChI is InChI=1S/C13H21FN4O4/c1-4-8-11(15)16-6-17-18(8)7(2)13(21)12(3,14)10(20)9(5-19)22-13/h4,6-7,9-10,19-21H,5H2,1-3H3,(H2,15,16,17)/b8-4-/t7?,9-,10?,12-,13?/m1/s1. The van der Waals surface area contributed by atoms with Gasteiger partial charge in [-0.2, -0.15) is 5.10 Å². The third-order valence-corrected chi connectivity index (χ3v) is 4.21. The number of allylic oxidation sites excluding steroid dienone is 1. The van der Waals surface area contributed by atoms with Gasteiger partial charge in [-0.3, -0.25) is 5.01 Å². The molecule has 0 aromatic rings. The lowest BCUT2D eigenvalue weighted by atomic mass is 9.87. The van der Waals surface area contributed by atoms with E-state index in [0.717, 1.165) is 6.92 Å². The Bertz CT molecular complexity index is 536. The second-order valence-corrected chi connectivity index (χ2v) is 5.50. The van der Waals surface area contributed by atoms with Gasteiger partial charge < -0.3 is 25.8 Å². The van der Waals surface area contributed by atoms with Gasteiger partial charge in [-0.05, 0) is 20.8 Å². The van der Waals surface area contributed by atoms with Gasteiger partial charge in [0.05, 0.1) is 12.3 Å². The number of rotatable bonds is 3. The zero-order valence-electron chi connectivity index (χ0n) is 12.6. The predicted molar refractivity (Wildman–Crippen MR) is 77.6 cm³/mol. The topological polar surface area (TPSA) is 124 Å². The van der Waals surface area contributed by atoms with Crippen LogP contribution in [0.3, 0.4) is 0 Å². The second kappa shape index (κ2) is 5.58. The van der Waals surface area contributed by atoms with Crippen molar-refractivity contribution in [2.75, 3.05) is 6.61 Å². The normalized spacial score (nSPS) is 41.9. The Hall–Kier alpha value is -1.55. The lowest BCUT2D eigenvalue weighted by Crippen LogP contribution is -2.61. The summed E-state index contributed by atoms with van der Waals surface area (Å²) in [5.74, 6) is -2.24. The first kappa shape index (κ1) is 16.8. The van der Waals surface area contributed by atoms with Gasteiger partial charge in [-0.1, -0.05) is 6.08 Å². The van der Waals surface area contributed by atoms with Gasteiger partial charge in [0.2, 0.25) is 5.79 Å². The molecule has 0 aliphatic carbocycles. The molecular weight excluding hydrogens is 295 g/mol. The molecule has 0 amide bonds. The Kier molecular flexibility index (Phi) is 4.26.